The number of hydrogen-bond acceptors (Lipinski definition) is 5. The molecule has 1 aliphatic heterocycles. The van der Waals surface area contributed by atoms with Crippen LogP contribution in [0.3, 0.4) is 0 Å². The zero-order valence-electron chi connectivity index (χ0n) is 10.3. The lowest BCUT2D eigenvalue weighted by molar-refractivity contribution is -0.138. The predicted octanol–water partition coefficient (Wildman–Crippen LogP) is 0.706. The monoisotopic (exact) mass is 246 g/mol. The summed E-state index contributed by atoms with van der Waals surface area (Å²) >= 11 is 0. The van der Waals surface area contributed by atoms with E-state index in [9.17, 15) is 15.0 Å². The smallest absolute Gasteiger partial charge is 0.287 e. The van der Waals surface area contributed by atoms with Gasteiger partial charge in [0.1, 0.15) is 6.61 Å². The number of Topliss-reactive ketones (excluding diaryl/α,β-unsaturated/α-hetero) is 1. The fraction of sp³-hybridized carbons (Fsp3) is 0.917. The van der Waals surface area contributed by atoms with E-state index in [1.165, 1.54) is 12.8 Å². The van der Waals surface area contributed by atoms with Crippen molar-refractivity contribution in [3.05, 3.63) is 0 Å². The minimum absolute atomic E-state index is 0.172. The summed E-state index contributed by atoms with van der Waals surface area (Å²) in [7, 11) is 0. The van der Waals surface area contributed by atoms with E-state index in [2.05, 4.69) is 11.7 Å². The Kier molecular flexibility index (Phi) is 5.06. The van der Waals surface area contributed by atoms with Crippen LogP contribution in [-0.2, 0) is 9.53 Å². The maximum absolute atomic E-state index is 11.5. The summed E-state index contributed by atoms with van der Waals surface area (Å²) in [5.74, 6) is -4.80. The molecule has 1 heterocycles. The molecule has 1 fully saturated rings. The van der Waals surface area contributed by atoms with Crippen molar-refractivity contribution >= 4 is 5.78 Å². The molecule has 2 unspecified atom stereocenters. The normalized spacial score (nSPS) is 31.5. The molecule has 0 aromatic carbocycles. The highest BCUT2D eigenvalue weighted by molar-refractivity contribution is 5.89. The summed E-state index contributed by atoms with van der Waals surface area (Å²) in [4.78, 5) is 11.5. The molecule has 0 aromatic rings. The number of ether oxygens (including phenoxy) is 1. The lowest BCUT2D eigenvalue weighted by atomic mass is 10.0. The summed E-state index contributed by atoms with van der Waals surface area (Å²) in [6, 6.07) is 0. The third kappa shape index (κ3) is 3.25. The van der Waals surface area contributed by atoms with Crippen LogP contribution >= 0.6 is 0 Å². The molecule has 1 saturated heterocycles. The van der Waals surface area contributed by atoms with Crippen LogP contribution < -0.4 is 0 Å². The molecule has 5 nitrogen and oxygen atoms in total. The Bertz CT molecular complexity index is 268. The summed E-state index contributed by atoms with van der Waals surface area (Å²) in [6.45, 7) is 1.37. The van der Waals surface area contributed by atoms with E-state index in [0.29, 0.717) is 6.42 Å². The number of carbonyl (C=O) groups excluding carboxylic acids is 1. The molecular formula is C12H22O5. The Morgan fingerprint density at radius 3 is 2.24 bits per heavy atom. The van der Waals surface area contributed by atoms with Crippen molar-refractivity contribution in [1.82, 2.24) is 0 Å². The van der Waals surface area contributed by atoms with Crippen LogP contribution in [0.15, 0.2) is 0 Å². The van der Waals surface area contributed by atoms with Gasteiger partial charge in [-0.1, -0.05) is 39.0 Å². The van der Waals surface area contributed by atoms with Crippen molar-refractivity contribution in [2.24, 2.45) is 0 Å². The molecule has 0 saturated carbocycles. The summed E-state index contributed by atoms with van der Waals surface area (Å²) in [5, 5.41) is 27.7. The average molecular weight is 246 g/mol. The Labute approximate surface area is 101 Å². The number of rotatable bonds is 9. The van der Waals surface area contributed by atoms with Crippen molar-refractivity contribution < 1.29 is 24.9 Å². The first-order chi connectivity index (χ1) is 8.00. The molecule has 0 aliphatic carbocycles. The highest BCUT2D eigenvalue weighted by Crippen LogP contribution is 2.44. The van der Waals surface area contributed by atoms with E-state index in [0.717, 1.165) is 19.3 Å². The van der Waals surface area contributed by atoms with Gasteiger partial charge in [-0.15, -0.1) is 0 Å². The maximum Gasteiger partial charge on any atom is 0.287 e. The zero-order valence-corrected chi connectivity index (χ0v) is 10.3. The van der Waals surface area contributed by atoms with Crippen molar-refractivity contribution in [2.75, 3.05) is 6.61 Å². The molecule has 3 N–H and O–H groups in total. The van der Waals surface area contributed by atoms with Gasteiger partial charge in [0.2, 0.25) is 0 Å². The lowest BCUT2D eigenvalue weighted by Crippen LogP contribution is -2.36. The van der Waals surface area contributed by atoms with Gasteiger partial charge in [-0.2, -0.15) is 0 Å². The molecule has 0 radical (unpaired) electrons. The van der Waals surface area contributed by atoms with Gasteiger partial charge < -0.3 is 15.3 Å². The molecule has 0 bridgehead atoms. The van der Waals surface area contributed by atoms with Crippen LogP contribution in [0, 0.1) is 0 Å². The van der Waals surface area contributed by atoms with E-state index < -0.39 is 24.0 Å². The third-order valence-corrected chi connectivity index (χ3v) is 3.15. The second kappa shape index (κ2) is 5.91. The Morgan fingerprint density at radius 1 is 1.12 bits per heavy atom. The quantitative estimate of drug-likeness (QED) is 0.411. The lowest BCUT2D eigenvalue weighted by Gasteiger charge is -2.07. The predicted molar refractivity (Wildman–Crippen MR) is 61.1 cm³/mol. The van der Waals surface area contributed by atoms with E-state index in [1.54, 1.807) is 0 Å². The van der Waals surface area contributed by atoms with Crippen LogP contribution in [-0.4, -0.2) is 39.3 Å². The number of hydrogen-bond donors (Lipinski definition) is 3. The highest BCUT2D eigenvalue weighted by Gasteiger charge is 2.74. The Morgan fingerprint density at radius 2 is 1.71 bits per heavy atom. The highest BCUT2D eigenvalue weighted by atomic mass is 16.8. The summed E-state index contributed by atoms with van der Waals surface area (Å²) in [5.41, 5.74) is 0. The van der Waals surface area contributed by atoms with Crippen LogP contribution in [0.1, 0.15) is 51.9 Å². The van der Waals surface area contributed by atoms with Crippen LogP contribution in [0.25, 0.3) is 0 Å². The number of unbranched alkanes of at least 4 members (excludes halogenated alkanes) is 5. The minimum Gasteiger partial charge on any atom is -0.391 e. The molecule has 100 valence electrons. The largest absolute Gasteiger partial charge is 0.391 e. The van der Waals surface area contributed by atoms with Crippen LogP contribution in [0.4, 0.5) is 0 Å². The molecule has 0 spiro atoms. The Balaban J connectivity index is 2.15. The zero-order chi connectivity index (χ0) is 12.9. The fourth-order valence-electron chi connectivity index (χ4n) is 1.87. The van der Waals surface area contributed by atoms with Gasteiger partial charge in [-0.25, -0.2) is 0 Å². The summed E-state index contributed by atoms with van der Waals surface area (Å²) in [6.07, 6.45) is 6.39. The van der Waals surface area contributed by atoms with Crippen molar-refractivity contribution in [2.45, 2.75) is 63.4 Å². The first-order valence-corrected chi connectivity index (χ1v) is 6.29. The molecule has 2 atom stereocenters. The topological polar surface area (TPSA) is 90.3 Å². The second-order valence-electron chi connectivity index (χ2n) is 4.63. The SMILES string of the molecule is CCCCCCCCC(=O)C1(O)OC1(O)CO. The van der Waals surface area contributed by atoms with Gasteiger partial charge in [0, 0.05) is 6.42 Å². The number of aliphatic hydroxyl groups is 3. The molecule has 1 aliphatic rings. The summed E-state index contributed by atoms with van der Waals surface area (Å²) < 4.78 is 4.51. The first-order valence-electron chi connectivity index (χ1n) is 6.29. The van der Waals surface area contributed by atoms with E-state index in [4.69, 9.17) is 5.11 Å². The number of aliphatic hydroxyl groups excluding tert-OH is 1. The molecule has 5 heteroatoms. The Hall–Kier alpha value is -0.490. The van der Waals surface area contributed by atoms with Gasteiger partial charge in [0.25, 0.3) is 11.6 Å². The molecular weight excluding hydrogens is 224 g/mol. The van der Waals surface area contributed by atoms with Crippen molar-refractivity contribution in [3.8, 4) is 0 Å². The van der Waals surface area contributed by atoms with Crippen molar-refractivity contribution in [3.63, 3.8) is 0 Å². The van der Waals surface area contributed by atoms with Gasteiger partial charge in [-0.3, -0.25) is 9.53 Å². The molecule has 0 aromatic heterocycles. The van der Waals surface area contributed by atoms with E-state index in [-0.39, 0.29) is 6.42 Å². The van der Waals surface area contributed by atoms with Crippen LogP contribution in [0.2, 0.25) is 0 Å². The molecule has 17 heavy (non-hydrogen) atoms. The minimum atomic E-state index is -2.18. The van der Waals surface area contributed by atoms with Crippen molar-refractivity contribution in [1.29, 1.82) is 0 Å². The second-order valence-corrected chi connectivity index (χ2v) is 4.63. The third-order valence-electron chi connectivity index (χ3n) is 3.15. The standard InChI is InChI=1S/C12H22O5/c1-2-3-4-5-6-7-8-10(14)12(16)11(15,9-13)17-12/h13,15-16H,2-9H2,1H3. The van der Waals surface area contributed by atoms with Gasteiger partial charge >= 0.3 is 0 Å². The van der Waals surface area contributed by atoms with Gasteiger partial charge in [0.15, 0.2) is 5.78 Å². The van der Waals surface area contributed by atoms with E-state index >= 15 is 0 Å². The van der Waals surface area contributed by atoms with Gasteiger partial charge in [-0.05, 0) is 6.42 Å². The van der Waals surface area contributed by atoms with E-state index in [1.807, 2.05) is 0 Å². The molecule has 0 amide bonds. The molecule has 1 rings (SSSR count). The first kappa shape index (κ1) is 14.6. The van der Waals surface area contributed by atoms with Crippen LogP contribution in [0.5, 0.6) is 0 Å². The number of epoxide rings is 1. The maximum atomic E-state index is 11.5. The fourth-order valence-corrected chi connectivity index (χ4v) is 1.87. The number of carbonyl (C=O) groups is 1. The van der Waals surface area contributed by atoms with Gasteiger partial charge in [0.05, 0.1) is 0 Å². The average Bonchev–Trinajstić information content (AvgIpc) is 2.89. The number of ketones is 1.